The van der Waals surface area contributed by atoms with Crippen LogP contribution < -0.4 is 5.73 Å². The summed E-state index contributed by atoms with van der Waals surface area (Å²) in [4.78, 5) is 0. The number of halogens is 1. The van der Waals surface area contributed by atoms with Gasteiger partial charge in [-0.05, 0) is 37.6 Å². The molecule has 86 valence electrons. The van der Waals surface area contributed by atoms with E-state index in [0.29, 0.717) is 12.2 Å². The van der Waals surface area contributed by atoms with Gasteiger partial charge < -0.3 is 15.3 Å². The van der Waals surface area contributed by atoms with E-state index in [9.17, 15) is 0 Å². The maximum Gasteiger partial charge on any atom is 0.134 e. The van der Waals surface area contributed by atoms with Crippen LogP contribution in [0.2, 0.25) is 0 Å². The smallest absolute Gasteiger partial charge is 0.134 e. The Morgan fingerprint density at radius 2 is 2.19 bits per heavy atom. The van der Waals surface area contributed by atoms with Crippen molar-refractivity contribution in [2.24, 2.45) is 5.73 Å². The monoisotopic (exact) mass is 283 g/mol. The second kappa shape index (κ2) is 4.20. The van der Waals surface area contributed by atoms with Crippen molar-refractivity contribution in [3.8, 4) is 0 Å². The number of nitrogens with two attached hydrogens (primary N) is 1. The third-order valence-corrected chi connectivity index (χ3v) is 3.17. The van der Waals surface area contributed by atoms with Crippen molar-refractivity contribution in [2.75, 3.05) is 6.61 Å². The van der Waals surface area contributed by atoms with E-state index in [1.165, 1.54) is 0 Å². The largest absolute Gasteiger partial charge is 0.459 e. The van der Waals surface area contributed by atoms with Crippen molar-refractivity contribution in [3.05, 3.63) is 34.5 Å². The number of hydrogen-bond donors (Lipinski definition) is 2. The lowest BCUT2D eigenvalue weighted by Crippen LogP contribution is -2.33. The van der Waals surface area contributed by atoms with Gasteiger partial charge in [-0.15, -0.1) is 0 Å². The molecule has 2 aromatic rings. The molecular weight excluding hydrogens is 270 g/mol. The van der Waals surface area contributed by atoms with Gasteiger partial charge in [0.15, 0.2) is 0 Å². The Kier molecular flexibility index (Phi) is 3.06. The van der Waals surface area contributed by atoms with Gasteiger partial charge in [-0.25, -0.2) is 0 Å². The molecule has 1 unspecified atom stereocenters. The predicted octanol–water partition coefficient (Wildman–Crippen LogP) is 2.75. The Labute approximate surface area is 102 Å². The van der Waals surface area contributed by atoms with Crippen molar-refractivity contribution in [2.45, 2.75) is 18.9 Å². The van der Waals surface area contributed by atoms with Gasteiger partial charge >= 0.3 is 0 Å². The van der Waals surface area contributed by atoms with E-state index in [4.69, 9.17) is 15.3 Å². The third kappa shape index (κ3) is 2.14. The standard InChI is InChI=1S/C12H14BrNO2/c1-12(14,4-5-15)11-7-8-6-9(13)2-3-10(8)16-11/h2-3,6-7,15H,4-5,14H2,1H3. The Balaban J connectivity index is 2.46. The molecule has 0 saturated carbocycles. The molecule has 0 spiro atoms. The van der Waals surface area contributed by atoms with Gasteiger partial charge in [0.05, 0.1) is 5.54 Å². The zero-order valence-electron chi connectivity index (χ0n) is 9.03. The van der Waals surface area contributed by atoms with E-state index in [0.717, 1.165) is 15.4 Å². The molecule has 2 rings (SSSR count). The van der Waals surface area contributed by atoms with Crippen LogP contribution in [-0.2, 0) is 5.54 Å². The molecule has 4 heteroatoms. The van der Waals surface area contributed by atoms with E-state index in [-0.39, 0.29) is 6.61 Å². The highest BCUT2D eigenvalue weighted by atomic mass is 79.9. The third-order valence-electron chi connectivity index (χ3n) is 2.67. The number of benzene rings is 1. The van der Waals surface area contributed by atoms with Crippen molar-refractivity contribution >= 4 is 26.9 Å². The Bertz CT molecular complexity index is 505. The van der Waals surface area contributed by atoms with Gasteiger partial charge in [0.25, 0.3) is 0 Å². The molecule has 0 aliphatic carbocycles. The highest BCUT2D eigenvalue weighted by Crippen LogP contribution is 2.29. The molecule has 1 atom stereocenters. The molecule has 1 aromatic heterocycles. The number of furan rings is 1. The summed E-state index contributed by atoms with van der Waals surface area (Å²) in [6.07, 6.45) is 0.480. The van der Waals surface area contributed by atoms with Crippen LogP contribution >= 0.6 is 15.9 Å². The molecule has 1 heterocycles. The molecule has 16 heavy (non-hydrogen) atoms. The first-order chi connectivity index (χ1) is 7.53. The van der Waals surface area contributed by atoms with Gasteiger partial charge in [0.1, 0.15) is 11.3 Å². The van der Waals surface area contributed by atoms with Crippen LogP contribution in [0.4, 0.5) is 0 Å². The summed E-state index contributed by atoms with van der Waals surface area (Å²) in [7, 11) is 0. The van der Waals surface area contributed by atoms with Gasteiger partial charge in [-0.3, -0.25) is 0 Å². The Hall–Kier alpha value is -0.840. The van der Waals surface area contributed by atoms with Crippen LogP contribution in [0.15, 0.2) is 33.2 Å². The molecular formula is C12H14BrNO2. The highest BCUT2D eigenvalue weighted by molar-refractivity contribution is 9.10. The zero-order valence-corrected chi connectivity index (χ0v) is 10.6. The number of aliphatic hydroxyl groups excluding tert-OH is 1. The lowest BCUT2D eigenvalue weighted by atomic mass is 9.96. The maximum absolute atomic E-state index is 8.95. The fourth-order valence-electron chi connectivity index (χ4n) is 1.65. The number of aliphatic hydroxyl groups is 1. The average Bonchev–Trinajstić information content (AvgIpc) is 2.61. The minimum Gasteiger partial charge on any atom is -0.459 e. The van der Waals surface area contributed by atoms with E-state index in [1.54, 1.807) is 0 Å². The summed E-state index contributed by atoms with van der Waals surface area (Å²) in [5, 5.41) is 9.97. The van der Waals surface area contributed by atoms with Crippen LogP contribution in [-0.4, -0.2) is 11.7 Å². The summed E-state index contributed by atoms with van der Waals surface area (Å²) in [6, 6.07) is 7.74. The quantitative estimate of drug-likeness (QED) is 0.911. The fourth-order valence-corrected chi connectivity index (χ4v) is 2.03. The first-order valence-corrected chi connectivity index (χ1v) is 5.91. The molecule has 0 fully saturated rings. The number of fused-ring (bicyclic) bond motifs is 1. The molecule has 0 aliphatic rings. The zero-order chi connectivity index (χ0) is 11.8. The van der Waals surface area contributed by atoms with Crippen LogP contribution in [0.5, 0.6) is 0 Å². The normalized spacial score (nSPS) is 15.2. The van der Waals surface area contributed by atoms with E-state index in [1.807, 2.05) is 31.2 Å². The van der Waals surface area contributed by atoms with Crippen molar-refractivity contribution in [3.63, 3.8) is 0 Å². The lowest BCUT2D eigenvalue weighted by Gasteiger charge is -2.20. The van der Waals surface area contributed by atoms with Gasteiger partial charge in [-0.1, -0.05) is 15.9 Å². The van der Waals surface area contributed by atoms with Crippen molar-refractivity contribution in [1.82, 2.24) is 0 Å². The summed E-state index contributed by atoms with van der Waals surface area (Å²) in [6.45, 7) is 1.91. The van der Waals surface area contributed by atoms with Crippen molar-refractivity contribution in [1.29, 1.82) is 0 Å². The predicted molar refractivity (Wildman–Crippen MR) is 67.2 cm³/mol. The van der Waals surface area contributed by atoms with Gasteiger partial charge in [0, 0.05) is 16.5 Å². The molecule has 0 saturated heterocycles. The van der Waals surface area contributed by atoms with Gasteiger partial charge in [-0.2, -0.15) is 0 Å². The molecule has 0 bridgehead atoms. The summed E-state index contributed by atoms with van der Waals surface area (Å²) in [5.74, 6) is 0.703. The molecule has 3 N–H and O–H groups in total. The average molecular weight is 284 g/mol. The topological polar surface area (TPSA) is 59.4 Å². The summed E-state index contributed by atoms with van der Waals surface area (Å²) >= 11 is 3.41. The first-order valence-electron chi connectivity index (χ1n) is 5.12. The molecule has 1 aromatic carbocycles. The number of rotatable bonds is 3. The Morgan fingerprint density at radius 1 is 1.44 bits per heavy atom. The summed E-state index contributed by atoms with van der Waals surface area (Å²) < 4.78 is 6.69. The minimum absolute atomic E-state index is 0.0493. The highest BCUT2D eigenvalue weighted by Gasteiger charge is 2.24. The summed E-state index contributed by atoms with van der Waals surface area (Å²) in [5.41, 5.74) is 6.27. The van der Waals surface area contributed by atoms with Crippen molar-refractivity contribution < 1.29 is 9.52 Å². The van der Waals surface area contributed by atoms with E-state index < -0.39 is 5.54 Å². The maximum atomic E-state index is 8.95. The van der Waals surface area contributed by atoms with Crippen LogP contribution in [0.1, 0.15) is 19.1 Å². The van der Waals surface area contributed by atoms with Crippen LogP contribution in [0, 0.1) is 0 Å². The molecule has 3 nitrogen and oxygen atoms in total. The first kappa shape index (κ1) is 11.6. The molecule has 0 radical (unpaired) electrons. The van der Waals surface area contributed by atoms with Gasteiger partial charge in [0.2, 0.25) is 0 Å². The minimum atomic E-state index is -0.625. The molecule has 0 amide bonds. The SMILES string of the molecule is CC(N)(CCO)c1cc2cc(Br)ccc2o1. The number of hydrogen-bond acceptors (Lipinski definition) is 3. The fraction of sp³-hybridized carbons (Fsp3) is 0.333. The second-order valence-corrected chi connectivity index (χ2v) is 5.10. The Morgan fingerprint density at radius 3 is 2.88 bits per heavy atom. The van der Waals surface area contributed by atoms with E-state index >= 15 is 0 Å². The lowest BCUT2D eigenvalue weighted by molar-refractivity contribution is 0.232. The van der Waals surface area contributed by atoms with E-state index in [2.05, 4.69) is 15.9 Å². The van der Waals surface area contributed by atoms with Crippen LogP contribution in [0.25, 0.3) is 11.0 Å². The second-order valence-electron chi connectivity index (χ2n) is 4.18. The van der Waals surface area contributed by atoms with Crippen LogP contribution in [0.3, 0.4) is 0 Å². The molecule has 0 aliphatic heterocycles.